The predicted molar refractivity (Wildman–Crippen MR) is 83.1 cm³/mol. The fourth-order valence-electron chi connectivity index (χ4n) is 1.45. The molecule has 0 bridgehead atoms. The van der Waals surface area contributed by atoms with Crippen LogP contribution >= 0.6 is 0 Å². The van der Waals surface area contributed by atoms with Crippen molar-refractivity contribution in [2.45, 2.75) is 40.5 Å². The molecule has 0 unspecified atom stereocenters. The molecule has 1 aromatic rings. The molecular weight excluding hydrogens is 220 g/mol. The summed E-state index contributed by atoms with van der Waals surface area (Å²) in [6.07, 6.45) is 6.67. The maximum Gasteiger partial charge on any atom is 0.0379 e. The smallest absolute Gasteiger partial charge is 0.0379 e. The van der Waals surface area contributed by atoms with E-state index in [0.717, 1.165) is 5.69 Å². The summed E-state index contributed by atoms with van der Waals surface area (Å²) in [7, 11) is 0. The quantitative estimate of drug-likeness (QED) is 0.813. The van der Waals surface area contributed by atoms with Crippen molar-refractivity contribution >= 4 is 5.69 Å². The van der Waals surface area contributed by atoms with Crippen molar-refractivity contribution in [3.8, 4) is 0 Å². The molecule has 102 valence electrons. The molecule has 0 saturated carbocycles. The van der Waals surface area contributed by atoms with Crippen molar-refractivity contribution in [3.63, 3.8) is 0 Å². The lowest BCUT2D eigenvalue weighted by molar-refractivity contribution is 0.857. The molecule has 0 aliphatic carbocycles. The Bertz CT molecular complexity index is 290. The van der Waals surface area contributed by atoms with Crippen LogP contribution in [-0.2, 0) is 0 Å². The van der Waals surface area contributed by atoms with Crippen LogP contribution in [0.4, 0.5) is 5.69 Å². The third-order valence-corrected chi connectivity index (χ3v) is 2.43. The van der Waals surface area contributed by atoms with Crippen molar-refractivity contribution in [1.82, 2.24) is 5.32 Å². The number of allylic oxidation sites excluding steroid dienone is 1. The molecule has 0 amide bonds. The lowest BCUT2D eigenvalue weighted by atomic mass is 10.2. The molecule has 0 radical (unpaired) electrons. The van der Waals surface area contributed by atoms with E-state index in [0.29, 0.717) is 0 Å². The first-order valence-corrected chi connectivity index (χ1v) is 6.98. The first-order chi connectivity index (χ1) is 8.83. The Kier molecular flexibility index (Phi) is 11.3. The fourth-order valence-corrected chi connectivity index (χ4v) is 1.45. The third-order valence-electron chi connectivity index (χ3n) is 2.43. The second-order valence-electron chi connectivity index (χ2n) is 3.97. The van der Waals surface area contributed by atoms with Gasteiger partial charge >= 0.3 is 0 Å². The van der Waals surface area contributed by atoms with E-state index in [1.165, 1.54) is 31.5 Å². The predicted octanol–water partition coefficient (Wildman–Crippen LogP) is 4.34. The summed E-state index contributed by atoms with van der Waals surface area (Å²) in [5.41, 5.74) is 2.42. The summed E-state index contributed by atoms with van der Waals surface area (Å²) >= 11 is 0. The van der Waals surface area contributed by atoms with Gasteiger partial charge in [0.15, 0.2) is 0 Å². The van der Waals surface area contributed by atoms with Crippen molar-refractivity contribution in [2.24, 2.45) is 0 Å². The molecule has 2 heteroatoms. The van der Waals surface area contributed by atoms with E-state index in [1.54, 1.807) is 0 Å². The Morgan fingerprint density at radius 3 is 2.00 bits per heavy atom. The van der Waals surface area contributed by atoms with E-state index >= 15 is 0 Å². The molecule has 2 rings (SSSR count). The Labute approximate surface area is 112 Å². The van der Waals surface area contributed by atoms with Gasteiger partial charge in [-0.1, -0.05) is 37.6 Å². The Morgan fingerprint density at radius 2 is 1.61 bits per heavy atom. The lowest BCUT2D eigenvalue weighted by Gasteiger charge is -1.99. The molecule has 0 atom stereocenters. The van der Waals surface area contributed by atoms with Crippen LogP contribution in [-0.4, -0.2) is 13.1 Å². The molecule has 1 aliphatic rings. The van der Waals surface area contributed by atoms with Gasteiger partial charge in [-0.3, -0.25) is 0 Å². The number of anilines is 1. The molecular formula is C16H28N2. The minimum atomic E-state index is 1.13. The molecule has 1 heterocycles. The van der Waals surface area contributed by atoms with Gasteiger partial charge in [0.1, 0.15) is 0 Å². The third kappa shape index (κ3) is 8.82. The van der Waals surface area contributed by atoms with E-state index in [1.807, 2.05) is 33.0 Å². The maximum atomic E-state index is 3.22. The van der Waals surface area contributed by atoms with Crippen LogP contribution in [0.15, 0.2) is 36.5 Å². The SMILES string of the molecule is C/C=C/Nc1ccc(C)cc1.C1CCNC1.CC. The zero-order valence-electron chi connectivity index (χ0n) is 12.3. The topological polar surface area (TPSA) is 24.1 Å². The minimum Gasteiger partial charge on any atom is -0.362 e. The van der Waals surface area contributed by atoms with E-state index in [2.05, 4.69) is 41.8 Å². The number of hydrogen-bond acceptors (Lipinski definition) is 2. The van der Waals surface area contributed by atoms with Crippen LogP contribution in [0.3, 0.4) is 0 Å². The van der Waals surface area contributed by atoms with Crippen molar-refractivity contribution < 1.29 is 0 Å². The van der Waals surface area contributed by atoms with Gasteiger partial charge in [0.05, 0.1) is 0 Å². The molecule has 0 aromatic heterocycles. The molecule has 0 spiro atoms. The average molecular weight is 248 g/mol. The first-order valence-electron chi connectivity index (χ1n) is 6.98. The van der Waals surface area contributed by atoms with E-state index in [-0.39, 0.29) is 0 Å². The Balaban J connectivity index is 0.000000343. The number of nitrogens with one attached hydrogen (secondary N) is 2. The number of aryl methyl sites for hydroxylation is 1. The second kappa shape index (κ2) is 12.2. The summed E-state index contributed by atoms with van der Waals surface area (Å²) in [5, 5.41) is 6.36. The number of benzene rings is 1. The summed E-state index contributed by atoms with van der Waals surface area (Å²) in [4.78, 5) is 0. The summed E-state index contributed by atoms with van der Waals surface area (Å²) in [6, 6.07) is 8.31. The van der Waals surface area contributed by atoms with Crippen LogP contribution < -0.4 is 10.6 Å². The molecule has 2 N–H and O–H groups in total. The van der Waals surface area contributed by atoms with Crippen LogP contribution in [0.25, 0.3) is 0 Å². The summed E-state index contributed by atoms with van der Waals surface area (Å²) in [6.45, 7) is 10.6. The molecule has 18 heavy (non-hydrogen) atoms. The summed E-state index contributed by atoms with van der Waals surface area (Å²) in [5.74, 6) is 0. The van der Waals surface area contributed by atoms with Gasteiger partial charge in [0, 0.05) is 5.69 Å². The van der Waals surface area contributed by atoms with Crippen LogP contribution in [0.1, 0.15) is 39.2 Å². The van der Waals surface area contributed by atoms with Crippen LogP contribution in [0.5, 0.6) is 0 Å². The highest BCUT2D eigenvalue weighted by Crippen LogP contribution is 2.07. The monoisotopic (exact) mass is 248 g/mol. The second-order valence-corrected chi connectivity index (χ2v) is 3.97. The fraction of sp³-hybridized carbons (Fsp3) is 0.500. The minimum absolute atomic E-state index is 1.13. The molecule has 2 nitrogen and oxygen atoms in total. The van der Waals surface area contributed by atoms with Crippen LogP contribution in [0, 0.1) is 6.92 Å². The maximum absolute atomic E-state index is 3.22. The van der Waals surface area contributed by atoms with E-state index < -0.39 is 0 Å². The zero-order chi connectivity index (χ0) is 13.6. The standard InChI is InChI=1S/C10H13N.C4H9N.C2H6/c1-3-8-11-10-6-4-9(2)5-7-10;1-2-4-5-3-1;1-2/h3-8,11H,1-2H3;5H,1-4H2;1-2H3/b8-3+;;. The number of hydrogen-bond donors (Lipinski definition) is 2. The highest BCUT2D eigenvalue weighted by Gasteiger charge is 1.93. The molecule has 1 aromatic carbocycles. The normalized spacial score (nSPS) is 13.3. The van der Waals surface area contributed by atoms with Gasteiger partial charge < -0.3 is 10.6 Å². The average Bonchev–Trinajstić information content (AvgIpc) is 3.00. The van der Waals surface area contributed by atoms with Crippen molar-refractivity contribution in [2.75, 3.05) is 18.4 Å². The van der Waals surface area contributed by atoms with Gasteiger partial charge in [-0.2, -0.15) is 0 Å². The Hall–Kier alpha value is -1.28. The van der Waals surface area contributed by atoms with Gasteiger partial charge in [-0.15, -0.1) is 0 Å². The van der Waals surface area contributed by atoms with Crippen molar-refractivity contribution in [1.29, 1.82) is 0 Å². The molecule has 1 fully saturated rings. The molecule has 1 saturated heterocycles. The first kappa shape index (κ1) is 16.7. The highest BCUT2D eigenvalue weighted by atomic mass is 14.9. The highest BCUT2D eigenvalue weighted by molar-refractivity contribution is 5.46. The van der Waals surface area contributed by atoms with Crippen LogP contribution in [0.2, 0.25) is 0 Å². The van der Waals surface area contributed by atoms with Gasteiger partial charge in [0.2, 0.25) is 0 Å². The van der Waals surface area contributed by atoms with Gasteiger partial charge in [0.25, 0.3) is 0 Å². The van der Waals surface area contributed by atoms with Gasteiger partial charge in [-0.25, -0.2) is 0 Å². The Morgan fingerprint density at radius 1 is 1.06 bits per heavy atom. The lowest BCUT2D eigenvalue weighted by Crippen LogP contribution is -2.03. The number of rotatable bonds is 2. The zero-order valence-corrected chi connectivity index (χ0v) is 12.3. The van der Waals surface area contributed by atoms with Crippen molar-refractivity contribution in [3.05, 3.63) is 42.1 Å². The van der Waals surface area contributed by atoms with E-state index in [4.69, 9.17) is 0 Å². The summed E-state index contributed by atoms with van der Waals surface area (Å²) < 4.78 is 0. The largest absolute Gasteiger partial charge is 0.362 e. The molecule has 1 aliphatic heterocycles. The van der Waals surface area contributed by atoms with Gasteiger partial charge in [-0.05, 0) is 58.1 Å². The van der Waals surface area contributed by atoms with E-state index in [9.17, 15) is 0 Å².